The molecule has 0 aliphatic carbocycles. The average Bonchev–Trinajstić information content (AvgIpc) is 2.69. The highest BCUT2D eigenvalue weighted by atomic mass is 16.6. The average molecular weight is 265 g/mol. The first-order chi connectivity index (χ1) is 8.97. The van der Waals surface area contributed by atoms with E-state index in [1.807, 2.05) is 14.1 Å². The largest absolute Gasteiger partial charge is 0.391 e. The zero-order valence-electron chi connectivity index (χ0n) is 11.2. The van der Waals surface area contributed by atoms with Gasteiger partial charge in [-0.05, 0) is 32.6 Å². The molecular weight excluding hydrogens is 246 g/mol. The molecule has 2 unspecified atom stereocenters. The fraction of sp³-hybridized carbons (Fsp3) is 0.538. The Balaban J connectivity index is 2.16. The molecule has 0 amide bonds. The van der Waals surface area contributed by atoms with Gasteiger partial charge in [0.15, 0.2) is 0 Å². The number of benzene rings is 1. The van der Waals surface area contributed by atoms with Gasteiger partial charge in [0.25, 0.3) is 5.69 Å². The second kappa shape index (κ2) is 5.54. The van der Waals surface area contributed by atoms with Gasteiger partial charge < -0.3 is 14.9 Å². The summed E-state index contributed by atoms with van der Waals surface area (Å²) in [7, 11) is 4.00. The van der Waals surface area contributed by atoms with Crippen molar-refractivity contribution in [2.45, 2.75) is 18.6 Å². The molecule has 2 atom stereocenters. The van der Waals surface area contributed by atoms with E-state index >= 15 is 0 Å². The van der Waals surface area contributed by atoms with Crippen molar-refractivity contribution in [3.05, 3.63) is 34.4 Å². The number of hydrogen-bond donors (Lipinski definition) is 1. The Hall–Kier alpha value is -1.66. The van der Waals surface area contributed by atoms with E-state index in [0.717, 1.165) is 18.7 Å². The fourth-order valence-electron chi connectivity index (χ4n) is 2.57. The van der Waals surface area contributed by atoms with Gasteiger partial charge in [0.2, 0.25) is 0 Å². The third kappa shape index (κ3) is 3.21. The third-order valence-electron chi connectivity index (χ3n) is 3.36. The van der Waals surface area contributed by atoms with Gasteiger partial charge in [0.1, 0.15) is 0 Å². The smallest absolute Gasteiger partial charge is 0.269 e. The zero-order valence-corrected chi connectivity index (χ0v) is 11.2. The van der Waals surface area contributed by atoms with Crippen molar-refractivity contribution in [1.82, 2.24) is 4.90 Å². The van der Waals surface area contributed by atoms with Crippen molar-refractivity contribution in [2.75, 3.05) is 32.1 Å². The van der Waals surface area contributed by atoms with Crippen molar-refractivity contribution < 1.29 is 10.0 Å². The minimum atomic E-state index is -0.403. The van der Waals surface area contributed by atoms with Crippen molar-refractivity contribution >= 4 is 11.4 Å². The summed E-state index contributed by atoms with van der Waals surface area (Å²) in [6, 6.07) is 6.75. The molecule has 1 fully saturated rings. The summed E-state index contributed by atoms with van der Waals surface area (Å²) in [6.07, 6.45) is 0.398. The molecule has 1 heterocycles. The third-order valence-corrected chi connectivity index (χ3v) is 3.36. The van der Waals surface area contributed by atoms with E-state index < -0.39 is 4.92 Å². The SMILES string of the molecule is CN(C)CC1CC(O)CN1c1ccc([N+](=O)[O-])cc1. The molecule has 0 saturated carbocycles. The maximum Gasteiger partial charge on any atom is 0.269 e. The highest BCUT2D eigenvalue weighted by molar-refractivity contribution is 5.52. The first-order valence-corrected chi connectivity index (χ1v) is 6.31. The summed E-state index contributed by atoms with van der Waals surface area (Å²) in [4.78, 5) is 14.4. The molecule has 1 N–H and O–H groups in total. The molecule has 1 saturated heterocycles. The molecule has 2 rings (SSSR count). The predicted octanol–water partition coefficient (Wildman–Crippen LogP) is 1.10. The molecule has 0 bridgehead atoms. The molecule has 0 radical (unpaired) electrons. The molecule has 6 nitrogen and oxygen atoms in total. The van der Waals surface area contributed by atoms with Crippen LogP contribution in [0.3, 0.4) is 0 Å². The van der Waals surface area contributed by atoms with Crippen LogP contribution in [0.5, 0.6) is 0 Å². The fourth-order valence-corrected chi connectivity index (χ4v) is 2.57. The van der Waals surface area contributed by atoms with Gasteiger partial charge in [-0.3, -0.25) is 10.1 Å². The van der Waals surface area contributed by atoms with E-state index in [0.29, 0.717) is 6.54 Å². The predicted molar refractivity (Wildman–Crippen MR) is 73.4 cm³/mol. The minimum Gasteiger partial charge on any atom is -0.391 e. The van der Waals surface area contributed by atoms with Crippen LogP contribution in [0.15, 0.2) is 24.3 Å². The van der Waals surface area contributed by atoms with Gasteiger partial charge in [-0.2, -0.15) is 0 Å². The highest BCUT2D eigenvalue weighted by Crippen LogP contribution is 2.27. The molecule has 1 aromatic rings. The molecule has 1 aliphatic rings. The first-order valence-electron chi connectivity index (χ1n) is 6.31. The number of nitrogens with zero attached hydrogens (tertiary/aromatic N) is 3. The summed E-state index contributed by atoms with van der Waals surface area (Å²) < 4.78 is 0. The number of aliphatic hydroxyl groups excluding tert-OH is 1. The molecule has 6 heteroatoms. The van der Waals surface area contributed by atoms with Gasteiger partial charge in [-0.1, -0.05) is 0 Å². The number of hydrogen-bond acceptors (Lipinski definition) is 5. The van der Waals surface area contributed by atoms with Crippen LogP contribution in [0.4, 0.5) is 11.4 Å². The van der Waals surface area contributed by atoms with E-state index in [1.54, 1.807) is 12.1 Å². The van der Waals surface area contributed by atoms with Crippen LogP contribution in [-0.2, 0) is 0 Å². The van der Waals surface area contributed by atoms with Gasteiger partial charge >= 0.3 is 0 Å². The molecule has 1 aromatic carbocycles. The number of nitro groups is 1. The lowest BCUT2D eigenvalue weighted by atomic mass is 10.2. The monoisotopic (exact) mass is 265 g/mol. The first kappa shape index (κ1) is 13.8. The van der Waals surface area contributed by atoms with Crippen molar-refractivity contribution in [2.24, 2.45) is 0 Å². The summed E-state index contributed by atoms with van der Waals surface area (Å²) in [6.45, 7) is 1.43. The van der Waals surface area contributed by atoms with Gasteiger partial charge in [0.05, 0.1) is 11.0 Å². The van der Waals surface area contributed by atoms with Crippen LogP contribution in [0.2, 0.25) is 0 Å². The quantitative estimate of drug-likeness (QED) is 0.652. The number of rotatable bonds is 4. The maximum atomic E-state index is 10.6. The molecule has 0 aromatic heterocycles. The molecule has 1 aliphatic heterocycles. The van der Waals surface area contributed by atoms with E-state index in [2.05, 4.69) is 9.80 Å². The number of anilines is 1. The number of nitro benzene ring substituents is 1. The minimum absolute atomic E-state index is 0.0904. The molecule has 0 spiro atoms. The van der Waals surface area contributed by atoms with Crippen molar-refractivity contribution in [3.8, 4) is 0 Å². The number of non-ortho nitro benzene ring substituents is 1. The topological polar surface area (TPSA) is 69.8 Å². The van der Waals surface area contributed by atoms with E-state index in [9.17, 15) is 15.2 Å². The van der Waals surface area contributed by atoms with E-state index in [-0.39, 0.29) is 17.8 Å². The second-order valence-corrected chi connectivity index (χ2v) is 5.23. The Kier molecular flexibility index (Phi) is 4.01. The van der Waals surface area contributed by atoms with Crippen LogP contribution in [0.1, 0.15) is 6.42 Å². The van der Waals surface area contributed by atoms with Crippen molar-refractivity contribution in [1.29, 1.82) is 0 Å². The summed E-state index contributed by atoms with van der Waals surface area (Å²) >= 11 is 0. The van der Waals surface area contributed by atoms with Crippen molar-refractivity contribution in [3.63, 3.8) is 0 Å². The van der Waals surface area contributed by atoms with Crippen LogP contribution in [0.25, 0.3) is 0 Å². The number of likely N-dealkylation sites (N-methyl/N-ethyl adjacent to an activating group) is 1. The Morgan fingerprint density at radius 1 is 1.42 bits per heavy atom. The van der Waals surface area contributed by atoms with Gasteiger partial charge in [-0.15, -0.1) is 0 Å². The summed E-state index contributed by atoms with van der Waals surface area (Å²) in [5.41, 5.74) is 1.02. The lowest BCUT2D eigenvalue weighted by Gasteiger charge is -2.28. The standard InChI is InChI=1S/C13H19N3O3/c1-14(2)8-12-7-13(17)9-15(12)10-3-5-11(6-4-10)16(18)19/h3-6,12-13,17H,7-9H2,1-2H3. The van der Waals surface area contributed by atoms with Crippen LogP contribution >= 0.6 is 0 Å². The Morgan fingerprint density at radius 3 is 2.58 bits per heavy atom. The molecule has 19 heavy (non-hydrogen) atoms. The number of β-amino-alcohol motifs (C(OH)–C–C–N with tert-alkyl or cyclic N) is 1. The Labute approximate surface area is 112 Å². The van der Waals surface area contributed by atoms with Crippen LogP contribution in [0, 0.1) is 10.1 Å². The van der Waals surface area contributed by atoms with Gasteiger partial charge in [0, 0.05) is 37.0 Å². The maximum absolute atomic E-state index is 10.6. The Bertz CT molecular complexity index is 447. The highest BCUT2D eigenvalue weighted by Gasteiger charge is 2.31. The zero-order chi connectivity index (χ0) is 14.0. The number of aliphatic hydroxyl groups is 1. The lowest BCUT2D eigenvalue weighted by Crippen LogP contribution is -2.37. The molecular formula is C13H19N3O3. The van der Waals surface area contributed by atoms with E-state index in [1.165, 1.54) is 12.1 Å². The van der Waals surface area contributed by atoms with E-state index in [4.69, 9.17) is 0 Å². The second-order valence-electron chi connectivity index (χ2n) is 5.23. The lowest BCUT2D eigenvalue weighted by molar-refractivity contribution is -0.384. The Morgan fingerprint density at radius 2 is 2.05 bits per heavy atom. The van der Waals surface area contributed by atoms with Crippen LogP contribution in [-0.4, -0.2) is 54.3 Å². The summed E-state index contributed by atoms with van der Waals surface area (Å²) in [5.74, 6) is 0. The van der Waals surface area contributed by atoms with Gasteiger partial charge in [-0.25, -0.2) is 0 Å². The molecule has 104 valence electrons. The summed E-state index contributed by atoms with van der Waals surface area (Å²) in [5, 5.41) is 20.5. The normalized spacial score (nSPS) is 23.1. The van der Waals surface area contributed by atoms with Crippen LogP contribution < -0.4 is 4.90 Å².